The maximum Gasteiger partial charge on any atom is 0.325 e. The van der Waals surface area contributed by atoms with Crippen molar-refractivity contribution < 1.29 is 19.1 Å². The number of benzene rings is 3. The molecular weight excluding hydrogens is 451 g/mol. The standard InChI is InChI=1S/C24H20Cl2N2O4/c25-19-10-6-17(7-11-19)23(16-4-2-1-3-5-16)28-21(29)15-32-22(30)14-27-24(31)18-8-12-20(26)13-9-18/h1-13,23H,14-15H2,(H,27,31)(H,28,29). The Morgan fingerprint density at radius 2 is 1.34 bits per heavy atom. The number of nitrogens with one attached hydrogen (secondary N) is 2. The van der Waals surface area contributed by atoms with Crippen LogP contribution in [0.2, 0.25) is 10.0 Å². The number of ether oxygens (including phenoxy) is 1. The molecule has 6 nitrogen and oxygen atoms in total. The van der Waals surface area contributed by atoms with Gasteiger partial charge in [-0.25, -0.2) is 0 Å². The van der Waals surface area contributed by atoms with E-state index in [4.69, 9.17) is 27.9 Å². The predicted octanol–water partition coefficient (Wildman–Crippen LogP) is 4.17. The van der Waals surface area contributed by atoms with Crippen LogP contribution in [0.15, 0.2) is 78.9 Å². The van der Waals surface area contributed by atoms with Crippen LogP contribution in [0, 0.1) is 0 Å². The lowest BCUT2D eigenvalue weighted by Gasteiger charge is -2.20. The summed E-state index contributed by atoms with van der Waals surface area (Å²) in [5.41, 5.74) is 2.05. The zero-order valence-corrected chi connectivity index (χ0v) is 18.4. The van der Waals surface area contributed by atoms with Crippen molar-refractivity contribution >= 4 is 41.0 Å². The fourth-order valence-electron chi connectivity index (χ4n) is 2.92. The Hall–Kier alpha value is -3.35. The van der Waals surface area contributed by atoms with Crippen molar-refractivity contribution in [1.82, 2.24) is 10.6 Å². The van der Waals surface area contributed by atoms with Gasteiger partial charge in [-0.3, -0.25) is 14.4 Å². The maximum absolute atomic E-state index is 12.4. The third-order valence-electron chi connectivity index (χ3n) is 4.51. The van der Waals surface area contributed by atoms with Crippen molar-refractivity contribution in [3.05, 3.63) is 106 Å². The Kier molecular flexibility index (Phi) is 8.25. The quantitative estimate of drug-likeness (QED) is 0.483. The first-order valence-electron chi connectivity index (χ1n) is 9.71. The minimum Gasteiger partial charge on any atom is -0.454 e. The Labute approximate surface area is 195 Å². The van der Waals surface area contributed by atoms with Crippen LogP contribution in [-0.2, 0) is 14.3 Å². The van der Waals surface area contributed by atoms with Crippen LogP contribution >= 0.6 is 23.2 Å². The molecule has 0 aliphatic heterocycles. The van der Waals surface area contributed by atoms with Crippen LogP contribution < -0.4 is 10.6 Å². The summed E-state index contributed by atoms with van der Waals surface area (Å²) in [6.45, 7) is -0.847. The summed E-state index contributed by atoms with van der Waals surface area (Å²) in [5.74, 6) is -1.66. The Morgan fingerprint density at radius 1 is 0.781 bits per heavy atom. The molecule has 8 heteroatoms. The van der Waals surface area contributed by atoms with E-state index in [0.717, 1.165) is 11.1 Å². The van der Waals surface area contributed by atoms with Gasteiger partial charge in [-0.1, -0.05) is 65.7 Å². The fraction of sp³-hybridized carbons (Fsp3) is 0.125. The average Bonchev–Trinajstić information content (AvgIpc) is 2.81. The minimum atomic E-state index is -0.731. The van der Waals surface area contributed by atoms with Crippen LogP contribution in [0.5, 0.6) is 0 Å². The van der Waals surface area contributed by atoms with Gasteiger partial charge in [0.15, 0.2) is 6.61 Å². The molecule has 0 saturated carbocycles. The number of carbonyl (C=O) groups is 3. The van der Waals surface area contributed by atoms with Crippen LogP contribution in [0.4, 0.5) is 0 Å². The minimum absolute atomic E-state index is 0.355. The van der Waals surface area contributed by atoms with Gasteiger partial charge >= 0.3 is 5.97 Å². The molecule has 0 aliphatic carbocycles. The van der Waals surface area contributed by atoms with E-state index >= 15 is 0 Å². The van der Waals surface area contributed by atoms with Gasteiger partial charge < -0.3 is 15.4 Å². The molecule has 0 fully saturated rings. The number of rotatable bonds is 8. The molecule has 3 aromatic rings. The summed E-state index contributed by atoms with van der Waals surface area (Å²) in [7, 11) is 0. The fourth-order valence-corrected chi connectivity index (χ4v) is 3.17. The van der Waals surface area contributed by atoms with E-state index in [0.29, 0.717) is 15.6 Å². The molecule has 3 aromatic carbocycles. The molecule has 1 unspecified atom stereocenters. The smallest absolute Gasteiger partial charge is 0.325 e. The second-order valence-electron chi connectivity index (χ2n) is 6.81. The van der Waals surface area contributed by atoms with Crippen LogP contribution in [0.25, 0.3) is 0 Å². The number of hydrogen-bond donors (Lipinski definition) is 2. The molecule has 0 radical (unpaired) electrons. The predicted molar refractivity (Wildman–Crippen MR) is 123 cm³/mol. The summed E-state index contributed by atoms with van der Waals surface area (Å²) in [6.07, 6.45) is 0. The molecule has 2 N–H and O–H groups in total. The third kappa shape index (κ3) is 6.83. The lowest BCUT2D eigenvalue weighted by atomic mass is 9.99. The molecule has 0 spiro atoms. The summed E-state index contributed by atoms with van der Waals surface area (Å²) < 4.78 is 4.99. The van der Waals surface area contributed by atoms with Gasteiger partial charge in [0.25, 0.3) is 11.8 Å². The monoisotopic (exact) mass is 470 g/mol. The molecule has 0 bridgehead atoms. The largest absolute Gasteiger partial charge is 0.454 e. The lowest BCUT2D eigenvalue weighted by Crippen LogP contribution is -2.35. The van der Waals surface area contributed by atoms with E-state index in [9.17, 15) is 14.4 Å². The molecule has 1 atom stereocenters. The van der Waals surface area contributed by atoms with Gasteiger partial charge in [-0.15, -0.1) is 0 Å². The van der Waals surface area contributed by atoms with Crippen LogP contribution in [-0.4, -0.2) is 30.9 Å². The first-order valence-corrected chi connectivity index (χ1v) is 10.5. The Bertz CT molecular complexity index is 1070. The number of hydrogen-bond acceptors (Lipinski definition) is 4. The summed E-state index contributed by atoms with van der Waals surface area (Å²) in [4.78, 5) is 36.4. The van der Waals surface area contributed by atoms with E-state index in [2.05, 4.69) is 10.6 Å². The summed E-state index contributed by atoms with van der Waals surface area (Å²) in [6, 6.07) is 22.3. The highest BCUT2D eigenvalue weighted by molar-refractivity contribution is 6.30. The van der Waals surface area contributed by atoms with Crippen molar-refractivity contribution in [2.24, 2.45) is 0 Å². The zero-order chi connectivity index (χ0) is 22.9. The van der Waals surface area contributed by atoms with Crippen molar-refractivity contribution in [3.63, 3.8) is 0 Å². The topological polar surface area (TPSA) is 84.5 Å². The maximum atomic E-state index is 12.4. The highest BCUT2D eigenvalue weighted by atomic mass is 35.5. The molecule has 0 aliphatic rings. The number of halogens is 2. The normalized spacial score (nSPS) is 11.3. The molecule has 164 valence electrons. The molecule has 32 heavy (non-hydrogen) atoms. The van der Waals surface area contributed by atoms with Gasteiger partial charge in [-0.2, -0.15) is 0 Å². The summed E-state index contributed by atoms with van der Waals surface area (Å²) in [5, 5.41) is 6.38. The molecule has 2 amide bonds. The second-order valence-corrected chi connectivity index (χ2v) is 7.69. The van der Waals surface area contributed by atoms with E-state index in [1.54, 1.807) is 24.3 Å². The molecular formula is C24H20Cl2N2O4. The van der Waals surface area contributed by atoms with Crippen molar-refractivity contribution in [2.75, 3.05) is 13.2 Å². The van der Waals surface area contributed by atoms with Crippen molar-refractivity contribution in [1.29, 1.82) is 0 Å². The third-order valence-corrected chi connectivity index (χ3v) is 5.01. The van der Waals surface area contributed by atoms with Crippen LogP contribution in [0.3, 0.4) is 0 Å². The molecule has 3 rings (SSSR count). The van der Waals surface area contributed by atoms with Crippen molar-refractivity contribution in [3.8, 4) is 0 Å². The SMILES string of the molecule is O=C(COC(=O)CNC(=O)c1ccc(Cl)cc1)NC(c1ccccc1)c1ccc(Cl)cc1. The first kappa shape index (κ1) is 23.3. The summed E-state index contributed by atoms with van der Waals surface area (Å²) >= 11 is 11.8. The van der Waals surface area contributed by atoms with Gasteiger partial charge in [0, 0.05) is 15.6 Å². The van der Waals surface area contributed by atoms with Gasteiger partial charge in [0.05, 0.1) is 6.04 Å². The van der Waals surface area contributed by atoms with Gasteiger partial charge in [-0.05, 0) is 47.5 Å². The number of esters is 1. The van der Waals surface area contributed by atoms with Crippen molar-refractivity contribution in [2.45, 2.75) is 6.04 Å². The van der Waals surface area contributed by atoms with Crippen LogP contribution in [0.1, 0.15) is 27.5 Å². The Balaban J connectivity index is 1.53. The first-order chi connectivity index (χ1) is 15.4. The second kappa shape index (κ2) is 11.3. The molecule has 0 saturated heterocycles. The number of amides is 2. The van der Waals surface area contributed by atoms with E-state index in [-0.39, 0.29) is 6.54 Å². The lowest BCUT2D eigenvalue weighted by molar-refractivity contribution is -0.147. The van der Waals surface area contributed by atoms with E-state index < -0.39 is 30.4 Å². The number of carbonyl (C=O) groups excluding carboxylic acids is 3. The average molecular weight is 471 g/mol. The molecule has 0 heterocycles. The highest BCUT2D eigenvalue weighted by Crippen LogP contribution is 2.23. The zero-order valence-electron chi connectivity index (χ0n) is 16.9. The highest BCUT2D eigenvalue weighted by Gasteiger charge is 2.18. The van der Waals surface area contributed by atoms with Gasteiger partial charge in [0.1, 0.15) is 6.54 Å². The van der Waals surface area contributed by atoms with Gasteiger partial charge in [0.2, 0.25) is 0 Å². The van der Waals surface area contributed by atoms with E-state index in [1.165, 1.54) is 12.1 Å². The van der Waals surface area contributed by atoms with E-state index in [1.807, 2.05) is 42.5 Å². The Morgan fingerprint density at radius 3 is 1.97 bits per heavy atom. The molecule has 0 aromatic heterocycles.